The van der Waals surface area contributed by atoms with E-state index in [1.54, 1.807) is 17.0 Å². The Morgan fingerprint density at radius 2 is 1.78 bits per heavy atom. The minimum Gasteiger partial charge on any atom is -0.384 e. The zero-order valence-electron chi connectivity index (χ0n) is 13.8. The van der Waals surface area contributed by atoms with Crippen molar-refractivity contribution in [3.05, 3.63) is 29.8 Å². The summed E-state index contributed by atoms with van der Waals surface area (Å²) >= 11 is 0. The zero-order chi connectivity index (χ0) is 17.0. The van der Waals surface area contributed by atoms with Gasteiger partial charge >= 0.3 is 0 Å². The van der Waals surface area contributed by atoms with Gasteiger partial charge in [0, 0.05) is 37.8 Å². The first-order valence-electron chi connectivity index (χ1n) is 7.70. The van der Waals surface area contributed by atoms with Crippen molar-refractivity contribution in [2.45, 2.75) is 30.8 Å². The van der Waals surface area contributed by atoms with Gasteiger partial charge in [-0.15, -0.1) is 0 Å². The Kier molecular flexibility index (Phi) is 5.78. The van der Waals surface area contributed by atoms with Crippen molar-refractivity contribution < 1.29 is 17.9 Å². The molecule has 7 heteroatoms. The normalized spacial score (nSPS) is 22.1. The number of piperazine rings is 1. The second-order valence-corrected chi connectivity index (χ2v) is 8.12. The molecule has 2 atom stereocenters. The van der Waals surface area contributed by atoms with E-state index in [-0.39, 0.29) is 35.2 Å². The molecular formula is C16H24N2O4S. The molecule has 1 N–H and O–H groups in total. The minimum atomic E-state index is -3.37. The van der Waals surface area contributed by atoms with E-state index in [4.69, 9.17) is 4.74 Å². The van der Waals surface area contributed by atoms with Gasteiger partial charge in [-0.3, -0.25) is 4.79 Å². The third kappa shape index (κ3) is 4.53. The third-order valence-electron chi connectivity index (χ3n) is 3.86. The van der Waals surface area contributed by atoms with Crippen molar-refractivity contribution in [3.8, 4) is 0 Å². The van der Waals surface area contributed by atoms with Crippen LogP contribution in [0.1, 0.15) is 24.2 Å². The number of sulfone groups is 1. The first-order chi connectivity index (χ1) is 10.8. The van der Waals surface area contributed by atoms with E-state index < -0.39 is 9.84 Å². The van der Waals surface area contributed by atoms with Gasteiger partial charge in [0.15, 0.2) is 9.84 Å². The van der Waals surface area contributed by atoms with Gasteiger partial charge in [0.2, 0.25) is 0 Å². The van der Waals surface area contributed by atoms with Crippen LogP contribution in [0.3, 0.4) is 0 Å². The highest BCUT2D eigenvalue weighted by Crippen LogP contribution is 2.15. The van der Waals surface area contributed by atoms with Gasteiger partial charge in [-0.05, 0) is 38.1 Å². The fourth-order valence-corrected chi connectivity index (χ4v) is 3.96. The summed E-state index contributed by atoms with van der Waals surface area (Å²) in [5.74, 6) is -0.130. The summed E-state index contributed by atoms with van der Waals surface area (Å²) in [5.41, 5.74) is 0.511. The smallest absolute Gasteiger partial charge is 0.253 e. The second kappa shape index (κ2) is 7.42. The molecule has 1 aliphatic heterocycles. The topological polar surface area (TPSA) is 75.7 Å². The van der Waals surface area contributed by atoms with E-state index in [1.807, 2.05) is 13.8 Å². The molecule has 128 valence electrons. The molecule has 2 rings (SSSR count). The highest BCUT2D eigenvalue weighted by Gasteiger charge is 2.25. The number of nitrogens with zero attached hydrogens (tertiary/aromatic N) is 1. The Balaban J connectivity index is 2.11. The van der Waals surface area contributed by atoms with Crippen LogP contribution in [0.25, 0.3) is 0 Å². The van der Waals surface area contributed by atoms with Crippen LogP contribution in [0, 0.1) is 0 Å². The number of hydrogen-bond acceptors (Lipinski definition) is 5. The van der Waals surface area contributed by atoms with Gasteiger partial charge in [-0.25, -0.2) is 8.42 Å². The van der Waals surface area contributed by atoms with Gasteiger partial charge in [0.25, 0.3) is 5.91 Å². The number of nitrogens with one attached hydrogen (secondary N) is 1. The van der Waals surface area contributed by atoms with Crippen LogP contribution in [-0.4, -0.2) is 63.9 Å². The maximum absolute atomic E-state index is 12.6. The molecule has 1 aromatic carbocycles. The number of carbonyl (C=O) groups is 1. The molecule has 0 saturated carbocycles. The van der Waals surface area contributed by atoms with Crippen LogP contribution >= 0.6 is 0 Å². The minimum absolute atomic E-state index is 0.0639. The second-order valence-electron chi connectivity index (χ2n) is 6.01. The monoisotopic (exact) mass is 340 g/mol. The van der Waals surface area contributed by atoms with Crippen molar-refractivity contribution in [3.63, 3.8) is 0 Å². The summed E-state index contributed by atoms with van der Waals surface area (Å²) in [5, 5.41) is 3.38. The van der Waals surface area contributed by atoms with Gasteiger partial charge < -0.3 is 15.0 Å². The predicted octanol–water partition coefficient (Wildman–Crippen LogP) is 0.929. The fraction of sp³-hybridized carbons (Fsp3) is 0.562. The number of amides is 1. The fourth-order valence-electron chi connectivity index (χ4n) is 2.79. The lowest BCUT2D eigenvalue weighted by Gasteiger charge is -2.36. The molecule has 1 heterocycles. The lowest BCUT2D eigenvalue weighted by molar-refractivity contribution is 0.0673. The van der Waals surface area contributed by atoms with Crippen molar-refractivity contribution in [2.24, 2.45) is 0 Å². The lowest BCUT2D eigenvalue weighted by atomic mass is 10.1. The number of rotatable bonds is 5. The van der Waals surface area contributed by atoms with Crippen molar-refractivity contribution in [2.75, 3.05) is 32.6 Å². The van der Waals surface area contributed by atoms with Crippen molar-refractivity contribution >= 4 is 15.7 Å². The Morgan fingerprint density at radius 3 is 2.30 bits per heavy atom. The average Bonchev–Trinajstić information content (AvgIpc) is 2.51. The zero-order valence-corrected chi connectivity index (χ0v) is 14.6. The maximum atomic E-state index is 12.6. The molecule has 23 heavy (non-hydrogen) atoms. The Labute approximate surface area is 137 Å². The van der Waals surface area contributed by atoms with Crippen molar-refractivity contribution in [1.29, 1.82) is 0 Å². The summed E-state index contributed by atoms with van der Waals surface area (Å²) in [6, 6.07) is 6.65. The Bertz CT molecular complexity index is 633. The van der Waals surface area contributed by atoms with E-state index in [9.17, 15) is 13.2 Å². The van der Waals surface area contributed by atoms with E-state index >= 15 is 0 Å². The van der Waals surface area contributed by atoms with Crippen LogP contribution in [0.4, 0.5) is 0 Å². The van der Waals surface area contributed by atoms with Gasteiger partial charge in [0.1, 0.15) is 0 Å². The molecule has 0 aromatic heterocycles. The predicted molar refractivity (Wildman–Crippen MR) is 88.3 cm³/mol. The first-order valence-corrected chi connectivity index (χ1v) is 9.36. The molecule has 0 unspecified atom stereocenters. The number of hydrogen-bond donors (Lipinski definition) is 1. The summed E-state index contributed by atoms with van der Waals surface area (Å²) in [7, 11) is -1.90. The molecule has 0 bridgehead atoms. The van der Waals surface area contributed by atoms with Gasteiger partial charge in [0.05, 0.1) is 17.3 Å². The van der Waals surface area contributed by atoms with E-state index in [0.717, 1.165) is 0 Å². The average molecular weight is 340 g/mol. The highest BCUT2D eigenvalue weighted by atomic mass is 32.2. The van der Waals surface area contributed by atoms with Crippen LogP contribution in [0.5, 0.6) is 0 Å². The van der Waals surface area contributed by atoms with Crippen molar-refractivity contribution in [1.82, 2.24) is 10.2 Å². The number of benzene rings is 1. The summed E-state index contributed by atoms with van der Waals surface area (Å²) in [6.45, 7) is 5.54. The highest BCUT2D eigenvalue weighted by molar-refractivity contribution is 7.91. The van der Waals surface area contributed by atoms with E-state index in [0.29, 0.717) is 18.7 Å². The number of methoxy groups -OCH3 is 1. The third-order valence-corrected chi connectivity index (χ3v) is 5.56. The Morgan fingerprint density at radius 1 is 1.22 bits per heavy atom. The number of ether oxygens (including phenoxy) is 1. The van der Waals surface area contributed by atoms with Gasteiger partial charge in [-0.1, -0.05) is 0 Å². The Hall–Kier alpha value is -1.44. The van der Waals surface area contributed by atoms with E-state index in [1.165, 1.54) is 19.2 Å². The molecule has 0 radical (unpaired) electrons. The summed E-state index contributed by atoms with van der Waals surface area (Å²) < 4.78 is 29.0. The maximum Gasteiger partial charge on any atom is 0.253 e. The van der Waals surface area contributed by atoms with E-state index in [2.05, 4.69) is 5.32 Å². The SMILES string of the molecule is COCCS(=O)(=O)c1ccc(C(=O)N2C[C@@H](C)N[C@@H](C)C2)cc1. The molecule has 1 aromatic rings. The lowest BCUT2D eigenvalue weighted by Crippen LogP contribution is -2.55. The van der Waals surface area contributed by atoms with Crippen LogP contribution < -0.4 is 5.32 Å². The molecule has 1 aliphatic rings. The molecule has 1 saturated heterocycles. The molecule has 1 fully saturated rings. The standard InChI is InChI=1S/C16H24N2O4S/c1-12-10-18(11-13(2)17-12)16(19)14-4-6-15(7-5-14)23(20,21)9-8-22-3/h4-7,12-13,17H,8-11H2,1-3H3/t12-,13+. The molecule has 0 aliphatic carbocycles. The number of carbonyl (C=O) groups excluding carboxylic acids is 1. The largest absolute Gasteiger partial charge is 0.384 e. The van der Waals surface area contributed by atoms with Crippen LogP contribution in [-0.2, 0) is 14.6 Å². The van der Waals surface area contributed by atoms with Crippen LogP contribution in [0.2, 0.25) is 0 Å². The first kappa shape index (κ1) is 17.9. The molecule has 6 nitrogen and oxygen atoms in total. The summed E-state index contributed by atoms with van der Waals surface area (Å²) in [4.78, 5) is 14.6. The quantitative estimate of drug-likeness (QED) is 0.863. The molecular weight excluding hydrogens is 316 g/mol. The molecule has 0 spiro atoms. The van der Waals surface area contributed by atoms with Gasteiger partial charge in [-0.2, -0.15) is 0 Å². The molecule has 1 amide bonds. The summed E-state index contributed by atoms with van der Waals surface area (Å²) in [6.07, 6.45) is 0. The van der Waals surface area contributed by atoms with Crippen LogP contribution in [0.15, 0.2) is 29.2 Å².